The van der Waals surface area contributed by atoms with Crippen LogP contribution in [0.5, 0.6) is 0 Å². The maximum absolute atomic E-state index is 12.5. The minimum absolute atomic E-state index is 0.00547. The van der Waals surface area contributed by atoms with Gasteiger partial charge in [0.15, 0.2) is 9.84 Å². The lowest BCUT2D eigenvalue weighted by molar-refractivity contribution is -0.141. The van der Waals surface area contributed by atoms with Crippen molar-refractivity contribution in [1.29, 1.82) is 0 Å². The van der Waals surface area contributed by atoms with Crippen molar-refractivity contribution < 1.29 is 26.7 Å². The summed E-state index contributed by atoms with van der Waals surface area (Å²) in [7, 11) is -7.20. The number of sulfonamides is 1. The molecule has 0 saturated carbocycles. The molecule has 1 unspecified atom stereocenters. The number of rotatable bonds is 6. The minimum atomic E-state index is -3.80. The molecule has 0 aromatic heterocycles. The van der Waals surface area contributed by atoms with E-state index in [4.69, 9.17) is 5.11 Å². The molecular weight excluding hydrogens is 342 g/mol. The van der Waals surface area contributed by atoms with Gasteiger partial charge in [-0.25, -0.2) is 16.8 Å². The van der Waals surface area contributed by atoms with E-state index < -0.39 is 31.7 Å². The van der Waals surface area contributed by atoms with E-state index in [2.05, 4.69) is 0 Å². The molecule has 128 valence electrons. The van der Waals surface area contributed by atoms with Crippen molar-refractivity contribution in [2.24, 2.45) is 5.92 Å². The first-order chi connectivity index (χ1) is 10.7. The van der Waals surface area contributed by atoms with Crippen molar-refractivity contribution >= 4 is 25.8 Å². The predicted molar refractivity (Wildman–Crippen MR) is 83.3 cm³/mol. The molecular formula is C14H19NO6S2. The van der Waals surface area contributed by atoms with Gasteiger partial charge in [0.05, 0.1) is 21.5 Å². The number of carboxylic acid groups (broad SMARTS) is 1. The van der Waals surface area contributed by atoms with Gasteiger partial charge in [-0.15, -0.1) is 0 Å². The number of carboxylic acids is 1. The molecule has 0 aliphatic carbocycles. The highest BCUT2D eigenvalue weighted by atomic mass is 32.2. The quantitative estimate of drug-likeness (QED) is 0.808. The summed E-state index contributed by atoms with van der Waals surface area (Å²) in [5.74, 6) is -1.71. The molecule has 0 spiro atoms. The highest BCUT2D eigenvalue weighted by Crippen LogP contribution is 2.25. The van der Waals surface area contributed by atoms with Crippen molar-refractivity contribution in [2.45, 2.75) is 29.6 Å². The van der Waals surface area contributed by atoms with Crippen molar-refractivity contribution in [3.8, 4) is 0 Å². The Bertz CT molecular complexity index is 783. The van der Waals surface area contributed by atoms with Crippen LogP contribution in [0.2, 0.25) is 0 Å². The molecule has 1 fully saturated rings. The zero-order valence-corrected chi connectivity index (χ0v) is 14.3. The molecule has 7 nitrogen and oxygen atoms in total. The van der Waals surface area contributed by atoms with Gasteiger partial charge in [-0.05, 0) is 37.1 Å². The monoisotopic (exact) mass is 361 g/mol. The maximum atomic E-state index is 12.5. The third-order valence-electron chi connectivity index (χ3n) is 3.79. The molecule has 9 heteroatoms. The van der Waals surface area contributed by atoms with E-state index in [1.54, 1.807) is 6.92 Å². The summed E-state index contributed by atoms with van der Waals surface area (Å²) in [5, 5.41) is 8.96. The van der Waals surface area contributed by atoms with Crippen LogP contribution in [0.4, 0.5) is 0 Å². The Morgan fingerprint density at radius 2 is 1.74 bits per heavy atom. The van der Waals surface area contributed by atoms with Crippen molar-refractivity contribution in [3.63, 3.8) is 0 Å². The van der Waals surface area contributed by atoms with E-state index in [0.29, 0.717) is 6.42 Å². The number of sulfone groups is 1. The van der Waals surface area contributed by atoms with Gasteiger partial charge in [0.2, 0.25) is 10.0 Å². The fourth-order valence-electron chi connectivity index (χ4n) is 2.50. The number of hydrogen-bond donors (Lipinski definition) is 1. The summed E-state index contributed by atoms with van der Waals surface area (Å²) in [6.45, 7) is 1.84. The molecule has 0 bridgehead atoms. The second kappa shape index (κ2) is 6.58. The summed E-state index contributed by atoms with van der Waals surface area (Å²) in [6.07, 6.45) is 0.754. The minimum Gasteiger partial charge on any atom is -0.481 e. The van der Waals surface area contributed by atoms with Gasteiger partial charge < -0.3 is 5.11 Å². The van der Waals surface area contributed by atoms with Crippen LogP contribution in [0.25, 0.3) is 0 Å². The van der Waals surface area contributed by atoms with Gasteiger partial charge in [0.25, 0.3) is 0 Å². The highest BCUT2D eigenvalue weighted by molar-refractivity contribution is 7.91. The van der Waals surface area contributed by atoms with Gasteiger partial charge in [-0.1, -0.05) is 6.92 Å². The average molecular weight is 361 g/mol. The number of carbonyl (C=O) groups is 1. The molecule has 1 atom stereocenters. The Morgan fingerprint density at radius 3 is 2.22 bits per heavy atom. The van der Waals surface area contributed by atoms with Crippen LogP contribution in [0.1, 0.15) is 19.8 Å². The predicted octanol–water partition coefficient (Wildman–Crippen LogP) is 0.966. The number of nitrogens with zero attached hydrogens (tertiary/aromatic N) is 1. The topological polar surface area (TPSA) is 109 Å². The molecule has 1 aromatic rings. The lowest BCUT2D eigenvalue weighted by Gasteiger charge is -2.16. The summed E-state index contributed by atoms with van der Waals surface area (Å²) < 4.78 is 50.0. The van der Waals surface area contributed by atoms with E-state index in [-0.39, 0.29) is 35.1 Å². The second-order valence-electron chi connectivity index (χ2n) is 5.48. The zero-order chi connectivity index (χ0) is 17.3. The highest BCUT2D eigenvalue weighted by Gasteiger charge is 2.35. The number of benzene rings is 1. The Hall–Kier alpha value is -1.45. The third-order valence-corrected chi connectivity index (χ3v) is 7.61. The molecule has 0 radical (unpaired) electrons. The SMILES string of the molecule is CCCS(=O)(=O)c1ccc(S(=O)(=O)N2CCC(C(=O)O)C2)cc1. The molecule has 1 aliphatic rings. The smallest absolute Gasteiger partial charge is 0.307 e. The van der Waals surface area contributed by atoms with Crippen molar-refractivity contribution in [1.82, 2.24) is 4.31 Å². The van der Waals surface area contributed by atoms with E-state index in [0.717, 1.165) is 4.31 Å². The largest absolute Gasteiger partial charge is 0.481 e. The first-order valence-corrected chi connectivity index (χ1v) is 10.3. The lowest BCUT2D eigenvalue weighted by atomic mass is 10.1. The average Bonchev–Trinajstić information content (AvgIpc) is 2.98. The van der Waals surface area contributed by atoms with Crippen LogP contribution in [0.15, 0.2) is 34.1 Å². The second-order valence-corrected chi connectivity index (χ2v) is 9.52. The zero-order valence-electron chi connectivity index (χ0n) is 12.7. The summed E-state index contributed by atoms with van der Waals surface area (Å²) >= 11 is 0. The number of hydrogen-bond acceptors (Lipinski definition) is 5. The Kier molecular flexibility index (Phi) is 5.12. The molecule has 1 aromatic carbocycles. The van der Waals surface area contributed by atoms with Gasteiger partial charge in [-0.2, -0.15) is 4.31 Å². The third kappa shape index (κ3) is 3.73. The summed E-state index contributed by atoms with van der Waals surface area (Å²) in [6, 6.07) is 5.07. The lowest BCUT2D eigenvalue weighted by Crippen LogP contribution is -2.30. The summed E-state index contributed by atoms with van der Waals surface area (Å²) in [4.78, 5) is 11.0. The molecule has 0 amide bonds. The Morgan fingerprint density at radius 1 is 1.17 bits per heavy atom. The van der Waals surface area contributed by atoms with Crippen LogP contribution < -0.4 is 0 Å². The first-order valence-electron chi connectivity index (χ1n) is 7.24. The molecule has 1 saturated heterocycles. The van der Waals surface area contributed by atoms with Gasteiger partial charge in [0, 0.05) is 13.1 Å². The van der Waals surface area contributed by atoms with Crippen LogP contribution in [0.3, 0.4) is 0 Å². The van der Waals surface area contributed by atoms with Crippen LogP contribution >= 0.6 is 0 Å². The van der Waals surface area contributed by atoms with E-state index in [9.17, 15) is 21.6 Å². The van der Waals surface area contributed by atoms with E-state index >= 15 is 0 Å². The van der Waals surface area contributed by atoms with Crippen LogP contribution in [-0.2, 0) is 24.7 Å². The Labute approximate surface area is 135 Å². The molecule has 23 heavy (non-hydrogen) atoms. The Balaban J connectivity index is 2.24. The summed E-state index contributed by atoms with van der Waals surface area (Å²) in [5.41, 5.74) is 0. The van der Waals surface area contributed by atoms with Gasteiger partial charge >= 0.3 is 5.97 Å². The molecule has 1 heterocycles. The fraction of sp³-hybridized carbons (Fsp3) is 0.500. The van der Waals surface area contributed by atoms with Crippen molar-refractivity contribution in [2.75, 3.05) is 18.8 Å². The fourth-order valence-corrected chi connectivity index (χ4v) is 5.33. The number of aliphatic carboxylic acids is 1. The maximum Gasteiger partial charge on any atom is 0.307 e. The molecule has 1 aliphatic heterocycles. The first kappa shape index (κ1) is 17.9. The van der Waals surface area contributed by atoms with Crippen LogP contribution in [0, 0.1) is 5.92 Å². The van der Waals surface area contributed by atoms with Crippen molar-refractivity contribution in [3.05, 3.63) is 24.3 Å². The van der Waals surface area contributed by atoms with Crippen LogP contribution in [-0.4, -0.2) is 51.1 Å². The normalized spacial score (nSPS) is 19.8. The van der Waals surface area contributed by atoms with E-state index in [1.165, 1.54) is 24.3 Å². The molecule has 1 N–H and O–H groups in total. The van der Waals surface area contributed by atoms with Gasteiger partial charge in [0.1, 0.15) is 0 Å². The standard InChI is InChI=1S/C14H19NO6S2/c1-2-9-22(18,19)12-3-5-13(6-4-12)23(20,21)15-8-7-11(10-15)14(16)17/h3-6,11H,2,7-10H2,1H3,(H,16,17). The van der Waals surface area contributed by atoms with Gasteiger partial charge in [-0.3, -0.25) is 4.79 Å². The van der Waals surface area contributed by atoms with E-state index in [1.807, 2.05) is 0 Å². The molecule has 2 rings (SSSR count).